The molecule has 4 rings (SSSR count). The number of allylic oxidation sites excluding steroid dienone is 2. The van der Waals surface area contributed by atoms with E-state index in [4.69, 9.17) is 5.73 Å². The molecule has 0 spiro atoms. The molecule has 1 aromatic carbocycles. The molecule has 30 heavy (non-hydrogen) atoms. The van der Waals surface area contributed by atoms with Crippen molar-refractivity contribution < 1.29 is 9.59 Å². The number of nitrogens with two attached hydrogens (primary N) is 1. The van der Waals surface area contributed by atoms with E-state index in [-0.39, 0.29) is 35.6 Å². The molecule has 1 aromatic rings. The molecule has 3 aliphatic rings. The van der Waals surface area contributed by atoms with E-state index < -0.39 is 0 Å². The molecule has 0 aromatic heterocycles. The molecule has 5 atom stereocenters. The highest BCUT2D eigenvalue weighted by atomic mass is 16.2. The fourth-order valence-electron chi connectivity index (χ4n) is 5.76. The minimum absolute atomic E-state index is 0.0342. The van der Waals surface area contributed by atoms with Crippen molar-refractivity contribution in [1.82, 2.24) is 9.80 Å². The molecule has 5 nitrogen and oxygen atoms in total. The minimum atomic E-state index is -0.291. The third-order valence-corrected chi connectivity index (χ3v) is 6.96. The Hall–Kier alpha value is -2.56. The van der Waals surface area contributed by atoms with E-state index in [9.17, 15) is 9.59 Å². The maximum Gasteiger partial charge on any atom is 0.254 e. The zero-order valence-electron chi connectivity index (χ0n) is 18.0. The molecule has 0 bridgehead atoms. The van der Waals surface area contributed by atoms with Gasteiger partial charge in [-0.15, -0.1) is 0 Å². The van der Waals surface area contributed by atoms with Gasteiger partial charge in [0.1, 0.15) is 0 Å². The standard InChI is InChI=1S/C25H33N3O2/c1-3-12-27(13-4-2)19-14-18-16-28(25(30)17-8-6-5-7-9-17)22-11-10-20(24(26)29)21(15-19)23(18)22/h5-11,15,18,20-23H,3-4,12-14,16H2,1-2H3,(H2,26,29). The summed E-state index contributed by atoms with van der Waals surface area (Å²) in [4.78, 5) is 30.1. The Morgan fingerprint density at radius 2 is 1.80 bits per heavy atom. The van der Waals surface area contributed by atoms with Gasteiger partial charge in [0.25, 0.3) is 5.91 Å². The van der Waals surface area contributed by atoms with Crippen molar-refractivity contribution >= 4 is 11.8 Å². The monoisotopic (exact) mass is 407 g/mol. The lowest BCUT2D eigenvalue weighted by Gasteiger charge is -2.42. The lowest BCUT2D eigenvalue weighted by Crippen LogP contribution is -2.46. The smallest absolute Gasteiger partial charge is 0.254 e. The van der Waals surface area contributed by atoms with E-state index >= 15 is 0 Å². The Bertz CT molecular complexity index is 841. The Balaban J connectivity index is 1.67. The second-order valence-electron chi connectivity index (χ2n) is 8.89. The molecule has 1 heterocycles. The van der Waals surface area contributed by atoms with Crippen LogP contribution >= 0.6 is 0 Å². The molecule has 0 saturated carbocycles. The number of carbonyl (C=O) groups excluding carboxylic acids is 2. The minimum Gasteiger partial charge on any atom is -0.375 e. The number of carbonyl (C=O) groups is 2. The lowest BCUT2D eigenvalue weighted by molar-refractivity contribution is -0.122. The highest BCUT2D eigenvalue weighted by molar-refractivity contribution is 5.95. The van der Waals surface area contributed by atoms with Gasteiger partial charge < -0.3 is 15.5 Å². The van der Waals surface area contributed by atoms with E-state index in [0.29, 0.717) is 5.92 Å². The Morgan fingerprint density at radius 1 is 1.10 bits per heavy atom. The number of rotatable bonds is 7. The first-order valence-electron chi connectivity index (χ1n) is 11.3. The first-order valence-corrected chi connectivity index (χ1v) is 11.3. The SMILES string of the molecule is CCCN(CCC)C1=CC2C(C(N)=O)C=CC3C2C(C1)CN3C(=O)c1ccccc1. The predicted octanol–water partition coefficient (Wildman–Crippen LogP) is 3.44. The van der Waals surface area contributed by atoms with Gasteiger partial charge in [-0.3, -0.25) is 9.59 Å². The number of primary amides is 1. The third kappa shape index (κ3) is 3.66. The number of likely N-dealkylation sites (tertiary alicyclic amines) is 1. The maximum absolute atomic E-state index is 13.3. The summed E-state index contributed by atoms with van der Waals surface area (Å²) in [6.07, 6.45) is 9.48. The fraction of sp³-hybridized carbons (Fsp3) is 0.520. The largest absolute Gasteiger partial charge is 0.375 e. The zero-order chi connectivity index (χ0) is 21.3. The molecular weight excluding hydrogens is 374 g/mol. The van der Waals surface area contributed by atoms with Gasteiger partial charge in [-0.2, -0.15) is 0 Å². The summed E-state index contributed by atoms with van der Waals surface area (Å²) in [6, 6.07) is 9.55. The van der Waals surface area contributed by atoms with Crippen molar-refractivity contribution in [3.63, 3.8) is 0 Å². The molecule has 5 heteroatoms. The van der Waals surface area contributed by atoms with Gasteiger partial charge in [0, 0.05) is 30.9 Å². The van der Waals surface area contributed by atoms with Crippen LogP contribution in [-0.2, 0) is 4.79 Å². The van der Waals surface area contributed by atoms with Crippen LogP contribution in [0, 0.1) is 23.7 Å². The van der Waals surface area contributed by atoms with E-state index in [2.05, 4.69) is 30.9 Å². The van der Waals surface area contributed by atoms with Crippen LogP contribution in [0.3, 0.4) is 0 Å². The highest BCUT2D eigenvalue weighted by Crippen LogP contribution is 2.49. The lowest BCUT2D eigenvalue weighted by atomic mass is 9.65. The van der Waals surface area contributed by atoms with Crippen molar-refractivity contribution in [3.05, 3.63) is 59.8 Å². The molecule has 1 aliphatic heterocycles. The summed E-state index contributed by atoms with van der Waals surface area (Å²) >= 11 is 0. The summed E-state index contributed by atoms with van der Waals surface area (Å²) in [5.74, 6) is 0.203. The maximum atomic E-state index is 13.3. The number of nitrogens with zero attached hydrogens (tertiary/aromatic N) is 2. The third-order valence-electron chi connectivity index (χ3n) is 6.96. The molecule has 1 saturated heterocycles. The van der Waals surface area contributed by atoms with Crippen LogP contribution in [0.4, 0.5) is 0 Å². The van der Waals surface area contributed by atoms with Crippen molar-refractivity contribution in [1.29, 1.82) is 0 Å². The van der Waals surface area contributed by atoms with Crippen LogP contribution in [0.1, 0.15) is 43.5 Å². The van der Waals surface area contributed by atoms with Gasteiger partial charge in [-0.05, 0) is 49.1 Å². The first kappa shape index (κ1) is 20.7. The normalized spacial score (nSPS) is 29.3. The molecule has 0 radical (unpaired) electrons. The molecule has 1 fully saturated rings. The van der Waals surface area contributed by atoms with Gasteiger partial charge in [-0.25, -0.2) is 0 Å². The molecular formula is C25H33N3O2. The average Bonchev–Trinajstić information content (AvgIpc) is 3.13. The van der Waals surface area contributed by atoms with Gasteiger partial charge >= 0.3 is 0 Å². The second kappa shape index (κ2) is 8.66. The quantitative estimate of drug-likeness (QED) is 0.704. The first-order chi connectivity index (χ1) is 14.5. The summed E-state index contributed by atoms with van der Waals surface area (Å²) < 4.78 is 0. The van der Waals surface area contributed by atoms with Crippen LogP contribution in [-0.4, -0.2) is 47.3 Å². The summed E-state index contributed by atoms with van der Waals surface area (Å²) in [5, 5.41) is 0. The van der Waals surface area contributed by atoms with Crippen molar-refractivity contribution in [3.8, 4) is 0 Å². The molecule has 2 aliphatic carbocycles. The van der Waals surface area contributed by atoms with Crippen molar-refractivity contribution in [2.45, 2.75) is 39.2 Å². The molecule has 2 N–H and O–H groups in total. The predicted molar refractivity (Wildman–Crippen MR) is 118 cm³/mol. The topological polar surface area (TPSA) is 66.6 Å². The van der Waals surface area contributed by atoms with E-state index in [0.717, 1.165) is 44.5 Å². The van der Waals surface area contributed by atoms with Crippen molar-refractivity contribution in [2.75, 3.05) is 19.6 Å². The Morgan fingerprint density at radius 3 is 2.43 bits per heavy atom. The average molecular weight is 408 g/mol. The molecule has 160 valence electrons. The number of hydrogen-bond acceptors (Lipinski definition) is 3. The van der Waals surface area contributed by atoms with E-state index in [1.165, 1.54) is 5.70 Å². The fourth-order valence-corrected chi connectivity index (χ4v) is 5.76. The summed E-state index contributed by atoms with van der Waals surface area (Å²) in [6.45, 7) is 7.19. The zero-order valence-corrected chi connectivity index (χ0v) is 18.0. The van der Waals surface area contributed by atoms with Crippen LogP contribution in [0.5, 0.6) is 0 Å². The van der Waals surface area contributed by atoms with Gasteiger partial charge in [-0.1, -0.05) is 50.3 Å². The summed E-state index contributed by atoms with van der Waals surface area (Å²) in [5.41, 5.74) is 7.86. The number of hydrogen-bond donors (Lipinski definition) is 1. The number of amides is 2. The van der Waals surface area contributed by atoms with Crippen LogP contribution in [0.15, 0.2) is 54.3 Å². The molecule has 5 unspecified atom stereocenters. The van der Waals surface area contributed by atoms with E-state index in [1.807, 2.05) is 41.3 Å². The van der Waals surface area contributed by atoms with Crippen molar-refractivity contribution in [2.24, 2.45) is 29.4 Å². The van der Waals surface area contributed by atoms with E-state index in [1.54, 1.807) is 0 Å². The summed E-state index contributed by atoms with van der Waals surface area (Å²) in [7, 11) is 0. The van der Waals surface area contributed by atoms with Gasteiger partial charge in [0.05, 0.1) is 12.0 Å². The Kier molecular flexibility index (Phi) is 5.98. The van der Waals surface area contributed by atoms with Crippen LogP contribution in [0.25, 0.3) is 0 Å². The molecule has 2 amide bonds. The van der Waals surface area contributed by atoms with Gasteiger partial charge in [0.2, 0.25) is 5.91 Å². The van der Waals surface area contributed by atoms with Gasteiger partial charge in [0.15, 0.2) is 0 Å². The number of benzene rings is 1. The van der Waals surface area contributed by atoms with Crippen LogP contribution < -0.4 is 5.73 Å². The second-order valence-corrected chi connectivity index (χ2v) is 8.89. The van der Waals surface area contributed by atoms with Crippen LogP contribution in [0.2, 0.25) is 0 Å². The highest BCUT2D eigenvalue weighted by Gasteiger charge is 2.52. The Labute approximate surface area is 179 Å².